The molecule has 22 heavy (non-hydrogen) atoms. The van der Waals surface area contributed by atoms with Gasteiger partial charge in [-0.15, -0.1) is 4.73 Å². The van der Waals surface area contributed by atoms with Crippen LogP contribution in [0.2, 0.25) is 0 Å². The van der Waals surface area contributed by atoms with Gasteiger partial charge in [-0.05, 0) is 25.1 Å². The molecule has 0 spiro atoms. The third-order valence-electron chi connectivity index (χ3n) is 3.38. The molecule has 0 radical (unpaired) electrons. The Balaban J connectivity index is 1.97. The van der Waals surface area contributed by atoms with Gasteiger partial charge in [0, 0.05) is 12.1 Å². The van der Waals surface area contributed by atoms with Crippen molar-refractivity contribution in [3.05, 3.63) is 65.6 Å². The van der Waals surface area contributed by atoms with E-state index in [1.165, 1.54) is 6.20 Å². The monoisotopic (exact) mass is 292 g/mol. The molecule has 0 fully saturated rings. The minimum absolute atomic E-state index is 0.181. The van der Waals surface area contributed by atoms with Crippen LogP contribution in [0.3, 0.4) is 0 Å². The van der Waals surface area contributed by atoms with Gasteiger partial charge < -0.3 is 9.94 Å². The van der Waals surface area contributed by atoms with Crippen LogP contribution in [-0.4, -0.2) is 14.6 Å². The van der Waals surface area contributed by atoms with E-state index >= 15 is 0 Å². The molecule has 4 rings (SSSR count). The highest BCUT2D eigenvalue weighted by molar-refractivity contribution is 5.86. The number of aromatic nitrogens is 4. The Morgan fingerprint density at radius 3 is 2.82 bits per heavy atom. The van der Waals surface area contributed by atoms with E-state index in [0.29, 0.717) is 16.3 Å². The number of pyridine rings is 1. The second-order valence-corrected chi connectivity index (χ2v) is 4.96. The summed E-state index contributed by atoms with van der Waals surface area (Å²) < 4.78 is 8.18. The molecule has 3 heterocycles. The van der Waals surface area contributed by atoms with E-state index in [-0.39, 0.29) is 5.88 Å². The summed E-state index contributed by atoms with van der Waals surface area (Å²) in [5.74, 6) is 0.569. The van der Waals surface area contributed by atoms with Crippen molar-refractivity contribution in [1.82, 2.24) is 14.6 Å². The molecule has 0 saturated heterocycles. The predicted octanol–water partition coefficient (Wildman–Crippen LogP) is 2.62. The molecule has 6 heteroatoms. The second-order valence-electron chi connectivity index (χ2n) is 4.96. The van der Waals surface area contributed by atoms with Crippen molar-refractivity contribution in [3.63, 3.8) is 0 Å². The molecule has 0 bridgehead atoms. The molecule has 6 nitrogen and oxygen atoms in total. The van der Waals surface area contributed by atoms with E-state index in [1.54, 1.807) is 22.7 Å². The zero-order valence-electron chi connectivity index (χ0n) is 11.8. The Morgan fingerprint density at radius 1 is 1.14 bits per heavy atom. The van der Waals surface area contributed by atoms with Crippen LogP contribution in [0.5, 0.6) is 11.8 Å². The number of hydrogen-bond acceptors (Lipinski definition) is 4. The molecular weight excluding hydrogens is 280 g/mol. The van der Waals surface area contributed by atoms with Gasteiger partial charge in [0.25, 0.3) is 0 Å². The molecule has 0 N–H and O–H groups in total. The van der Waals surface area contributed by atoms with Gasteiger partial charge in [-0.1, -0.05) is 12.1 Å². The second kappa shape index (κ2) is 4.70. The van der Waals surface area contributed by atoms with E-state index in [0.717, 1.165) is 16.6 Å². The largest absolute Gasteiger partial charge is 0.616 e. The standard InChI is InChI=1S/C16H12N4O2/c1-11-10-14-17-16(22-15-8-4-5-9-19(15)21)12-6-2-3-7-13(12)20(14)18-11/h2-10H,1H3. The van der Waals surface area contributed by atoms with E-state index in [2.05, 4.69) is 10.1 Å². The van der Waals surface area contributed by atoms with Gasteiger partial charge in [0.05, 0.1) is 22.7 Å². The highest BCUT2D eigenvalue weighted by Gasteiger charge is 2.14. The van der Waals surface area contributed by atoms with E-state index < -0.39 is 0 Å². The van der Waals surface area contributed by atoms with E-state index in [1.807, 2.05) is 37.3 Å². The molecule has 0 amide bonds. The molecule has 0 unspecified atom stereocenters. The van der Waals surface area contributed by atoms with Crippen molar-refractivity contribution in [2.24, 2.45) is 0 Å². The fourth-order valence-electron chi connectivity index (χ4n) is 2.41. The van der Waals surface area contributed by atoms with Gasteiger partial charge in [0.2, 0.25) is 5.88 Å². The number of ether oxygens (including phenoxy) is 1. The fourth-order valence-corrected chi connectivity index (χ4v) is 2.41. The third kappa shape index (κ3) is 1.93. The molecule has 4 aromatic rings. The summed E-state index contributed by atoms with van der Waals surface area (Å²) in [7, 11) is 0. The van der Waals surface area contributed by atoms with Crippen LogP contribution in [0.15, 0.2) is 54.7 Å². The summed E-state index contributed by atoms with van der Waals surface area (Å²) >= 11 is 0. The zero-order valence-corrected chi connectivity index (χ0v) is 11.8. The van der Waals surface area contributed by atoms with Crippen LogP contribution in [0.1, 0.15) is 5.69 Å². The Labute approximate surface area is 125 Å². The lowest BCUT2D eigenvalue weighted by atomic mass is 10.2. The van der Waals surface area contributed by atoms with Gasteiger partial charge in [0.1, 0.15) is 0 Å². The third-order valence-corrected chi connectivity index (χ3v) is 3.38. The van der Waals surface area contributed by atoms with Crippen LogP contribution in [0.4, 0.5) is 0 Å². The van der Waals surface area contributed by atoms with Gasteiger partial charge in [-0.25, -0.2) is 4.52 Å². The number of fused-ring (bicyclic) bond motifs is 3. The summed E-state index contributed by atoms with van der Waals surface area (Å²) in [4.78, 5) is 4.49. The molecular formula is C16H12N4O2. The van der Waals surface area contributed by atoms with Gasteiger partial charge in [0.15, 0.2) is 11.8 Å². The maximum Gasteiger partial charge on any atom is 0.386 e. The number of nitrogens with zero attached hydrogens (tertiary/aromatic N) is 4. The summed E-state index contributed by atoms with van der Waals surface area (Å²) in [5, 5.41) is 17.0. The topological polar surface area (TPSA) is 66.4 Å². The van der Waals surface area contributed by atoms with Gasteiger partial charge in [-0.3, -0.25) is 0 Å². The first-order chi connectivity index (χ1) is 10.7. The number of benzene rings is 1. The van der Waals surface area contributed by atoms with E-state index in [4.69, 9.17) is 4.74 Å². The van der Waals surface area contributed by atoms with Crippen molar-refractivity contribution in [2.45, 2.75) is 6.92 Å². The number of aryl methyl sites for hydroxylation is 1. The van der Waals surface area contributed by atoms with Crippen molar-refractivity contribution >= 4 is 16.6 Å². The molecule has 0 saturated carbocycles. The van der Waals surface area contributed by atoms with E-state index in [9.17, 15) is 5.21 Å². The molecule has 0 aliphatic rings. The van der Waals surface area contributed by atoms with Crippen LogP contribution >= 0.6 is 0 Å². The Kier molecular flexibility index (Phi) is 2.69. The number of hydrogen-bond donors (Lipinski definition) is 0. The Hall–Kier alpha value is -3.15. The predicted molar refractivity (Wildman–Crippen MR) is 80.7 cm³/mol. The molecule has 1 aromatic carbocycles. The lowest BCUT2D eigenvalue weighted by molar-refractivity contribution is -0.611. The Bertz CT molecular complexity index is 994. The first-order valence-corrected chi connectivity index (χ1v) is 6.83. The summed E-state index contributed by atoms with van der Waals surface area (Å²) in [6.45, 7) is 1.91. The maximum absolute atomic E-state index is 11.8. The van der Waals surface area contributed by atoms with Crippen LogP contribution < -0.4 is 9.47 Å². The summed E-state index contributed by atoms with van der Waals surface area (Å²) in [6, 6.07) is 14.5. The van der Waals surface area contributed by atoms with Gasteiger partial charge in [-0.2, -0.15) is 10.1 Å². The maximum atomic E-state index is 11.8. The van der Waals surface area contributed by atoms with Crippen LogP contribution in [0, 0.1) is 12.1 Å². The van der Waals surface area contributed by atoms with Crippen molar-refractivity contribution in [1.29, 1.82) is 0 Å². The first kappa shape index (κ1) is 12.6. The van der Waals surface area contributed by atoms with Gasteiger partial charge >= 0.3 is 5.88 Å². The SMILES string of the molecule is Cc1cc2nc(Oc3cccc[n+]3[O-])c3ccccc3n2n1. The van der Waals surface area contributed by atoms with Crippen LogP contribution in [-0.2, 0) is 0 Å². The smallest absolute Gasteiger partial charge is 0.386 e. The first-order valence-electron chi connectivity index (χ1n) is 6.83. The Morgan fingerprint density at radius 2 is 1.95 bits per heavy atom. The van der Waals surface area contributed by atoms with Crippen LogP contribution in [0.25, 0.3) is 16.6 Å². The van der Waals surface area contributed by atoms with Crippen molar-refractivity contribution < 1.29 is 9.47 Å². The number of para-hydroxylation sites is 1. The molecule has 0 atom stereocenters. The molecule has 0 aliphatic carbocycles. The fraction of sp³-hybridized carbons (Fsp3) is 0.0625. The lowest BCUT2D eigenvalue weighted by Gasteiger charge is -2.08. The minimum Gasteiger partial charge on any atom is -0.616 e. The van der Waals surface area contributed by atoms with Crippen molar-refractivity contribution in [3.8, 4) is 11.8 Å². The highest BCUT2D eigenvalue weighted by Crippen LogP contribution is 2.27. The average Bonchev–Trinajstić information content (AvgIpc) is 2.90. The summed E-state index contributed by atoms with van der Waals surface area (Å²) in [5.41, 5.74) is 2.43. The molecule has 108 valence electrons. The molecule has 3 aromatic heterocycles. The van der Waals surface area contributed by atoms with Crippen molar-refractivity contribution in [2.75, 3.05) is 0 Å². The zero-order chi connectivity index (χ0) is 15.1. The quantitative estimate of drug-likeness (QED) is 0.421. The lowest BCUT2D eigenvalue weighted by Crippen LogP contribution is -2.27. The number of rotatable bonds is 2. The normalized spacial score (nSPS) is 11.1. The minimum atomic E-state index is 0.181. The highest BCUT2D eigenvalue weighted by atomic mass is 16.6. The molecule has 0 aliphatic heterocycles. The summed E-state index contributed by atoms with van der Waals surface area (Å²) in [6.07, 6.45) is 1.39. The average molecular weight is 292 g/mol.